The summed E-state index contributed by atoms with van der Waals surface area (Å²) in [6, 6.07) is 3.54. The Morgan fingerprint density at radius 2 is 1.94 bits per heavy atom. The highest BCUT2D eigenvalue weighted by Crippen LogP contribution is 2.38. The van der Waals surface area contributed by atoms with E-state index in [2.05, 4.69) is 15.9 Å². The molecule has 0 spiro atoms. The van der Waals surface area contributed by atoms with E-state index < -0.39 is 0 Å². The van der Waals surface area contributed by atoms with Gasteiger partial charge in [0.15, 0.2) is 11.5 Å². The number of rotatable bonds is 3. The van der Waals surface area contributed by atoms with E-state index in [-0.39, 0.29) is 5.91 Å². The molecule has 2 rings (SSSR count). The molecule has 0 fully saturated rings. The quantitative estimate of drug-likeness (QED) is 0.861. The number of halogens is 1. The Balaban J connectivity index is 2.35. The number of ether oxygens (including phenoxy) is 2. The number of hydrogen-bond donors (Lipinski definition) is 0. The molecule has 0 aliphatic carbocycles. The molecule has 0 N–H and O–H groups in total. The highest BCUT2D eigenvalue weighted by molar-refractivity contribution is 9.10. The van der Waals surface area contributed by atoms with Gasteiger partial charge in [0.05, 0.1) is 4.47 Å². The molecule has 0 unspecified atom stereocenters. The van der Waals surface area contributed by atoms with Gasteiger partial charge in [0.2, 0.25) is 0 Å². The van der Waals surface area contributed by atoms with Crippen molar-refractivity contribution < 1.29 is 14.3 Å². The van der Waals surface area contributed by atoms with Gasteiger partial charge < -0.3 is 14.4 Å². The molecule has 0 bridgehead atoms. The molecule has 98 valence electrons. The Labute approximate surface area is 115 Å². The van der Waals surface area contributed by atoms with Crippen LogP contribution in [0.1, 0.15) is 24.2 Å². The van der Waals surface area contributed by atoms with Crippen LogP contribution in [0.5, 0.6) is 11.5 Å². The van der Waals surface area contributed by atoms with E-state index in [0.717, 1.165) is 4.47 Å². The Hall–Kier alpha value is -1.23. The lowest BCUT2D eigenvalue weighted by atomic mass is 10.1. The largest absolute Gasteiger partial charge is 0.486 e. The highest BCUT2D eigenvalue weighted by atomic mass is 79.9. The minimum atomic E-state index is 0.0117. The summed E-state index contributed by atoms with van der Waals surface area (Å²) in [5.74, 6) is 1.32. The Morgan fingerprint density at radius 3 is 2.61 bits per heavy atom. The first-order chi connectivity index (χ1) is 8.67. The summed E-state index contributed by atoms with van der Waals surface area (Å²) in [7, 11) is 0. The predicted octanol–water partition coefficient (Wildman–Crippen LogP) is 2.70. The van der Waals surface area contributed by atoms with Crippen molar-refractivity contribution in [2.24, 2.45) is 0 Å². The van der Waals surface area contributed by atoms with Crippen LogP contribution < -0.4 is 9.47 Å². The van der Waals surface area contributed by atoms with Gasteiger partial charge in [-0.3, -0.25) is 4.79 Å². The summed E-state index contributed by atoms with van der Waals surface area (Å²) in [6.45, 7) is 6.38. The standard InChI is InChI=1S/C13H16BrNO3/c1-3-15(4-2)13(16)9-7-10(14)12-11(8-9)17-5-6-18-12/h7-8H,3-6H2,1-2H3. The fraction of sp³-hybridized carbons (Fsp3) is 0.462. The van der Waals surface area contributed by atoms with Crippen LogP contribution in [0.15, 0.2) is 16.6 Å². The minimum Gasteiger partial charge on any atom is -0.486 e. The van der Waals surface area contributed by atoms with Gasteiger partial charge in [-0.15, -0.1) is 0 Å². The van der Waals surface area contributed by atoms with E-state index in [0.29, 0.717) is 43.4 Å². The van der Waals surface area contributed by atoms with Crippen LogP contribution in [0.3, 0.4) is 0 Å². The number of carbonyl (C=O) groups excluding carboxylic acids is 1. The monoisotopic (exact) mass is 313 g/mol. The Morgan fingerprint density at radius 1 is 1.28 bits per heavy atom. The summed E-state index contributed by atoms with van der Waals surface area (Å²) in [4.78, 5) is 14.0. The average molecular weight is 314 g/mol. The van der Waals surface area contributed by atoms with Gasteiger partial charge in [0.1, 0.15) is 13.2 Å². The van der Waals surface area contributed by atoms with E-state index in [1.165, 1.54) is 0 Å². The summed E-state index contributed by atoms with van der Waals surface area (Å²) in [5, 5.41) is 0. The van der Waals surface area contributed by atoms with Crippen molar-refractivity contribution in [3.63, 3.8) is 0 Å². The second-order valence-electron chi connectivity index (χ2n) is 3.96. The molecule has 0 saturated carbocycles. The van der Waals surface area contributed by atoms with E-state index in [1.807, 2.05) is 13.8 Å². The normalized spacial score (nSPS) is 13.3. The number of carbonyl (C=O) groups is 1. The summed E-state index contributed by atoms with van der Waals surface area (Å²) in [6.07, 6.45) is 0. The number of benzene rings is 1. The molecule has 0 radical (unpaired) electrons. The second-order valence-corrected chi connectivity index (χ2v) is 4.81. The van der Waals surface area contributed by atoms with Crippen molar-refractivity contribution in [1.82, 2.24) is 4.90 Å². The first kappa shape index (κ1) is 13.2. The SMILES string of the molecule is CCN(CC)C(=O)c1cc(Br)c2c(c1)OCCO2. The molecular weight excluding hydrogens is 298 g/mol. The fourth-order valence-corrected chi connectivity index (χ4v) is 2.48. The first-order valence-electron chi connectivity index (χ1n) is 6.05. The van der Waals surface area contributed by atoms with Gasteiger partial charge >= 0.3 is 0 Å². The second kappa shape index (κ2) is 5.61. The lowest BCUT2D eigenvalue weighted by molar-refractivity contribution is 0.0771. The smallest absolute Gasteiger partial charge is 0.254 e. The zero-order valence-corrected chi connectivity index (χ0v) is 12.1. The lowest BCUT2D eigenvalue weighted by Crippen LogP contribution is -2.30. The molecule has 0 saturated heterocycles. The lowest BCUT2D eigenvalue weighted by Gasteiger charge is -2.22. The number of nitrogens with zero attached hydrogens (tertiary/aromatic N) is 1. The minimum absolute atomic E-state index is 0.0117. The number of hydrogen-bond acceptors (Lipinski definition) is 3. The third kappa shape index (κ3) is 2.46. The van der Waals surface area contributed by atoms with E-state index >= 15 is 0 Å². The van der Waals surface area contributed by atoms with Crippen molar-refractivity contribution in [3.05, 3.63) is 22.2 Å². The average Bonchev–Trinajstić information content (AvgIpc) is 2.40. The van der Waals surface area contributed by atoms with Crippen molar-refractivity contribution in [1.29, 1.82) is 0 Å². The molecule has 1 aliphatic rings. The third-order valence-electron chi connectivity index (χ3n) is 2.89. The molecule has 1 amide bonds. The van der Waals surface area contributed by atoms with Gasteiger partial charge in [-0.2, -0.15) is 0 Å². The van der Waals surface area contributed by atoms with E-state index in [1.54, 1.807) is 17.0 Å². The number of fused-ring (bicyclic) bond motifs is 1. The zero-order chi connectivity index (χ0) is 13.1. The molecule has 18 heavy (non-hydrogen) atoms. The molecule has 0 atom stereocenters. The molecule has 1 aromatic rings. The van der Waals surface area contributed by atoms with Gasteiger partial charge in [-0.25, -0.2) is 0 Å². The van der Waals surface area contributed by atoms with Crippen LogP contribution in [0.25, 0.3) is 0 Å². The third-order valence-corrected chi connectivity index (χ3v) is 3.48. The maximum atomic E-state index is 12.3. The van der Waals surface area contributed by atoms with Gasteiger partial charge in [0.25, 0.3) is 5.91 Å². The summed E-state index contributed by atoms with van der Waals surface area (Å²) < 4.78 is 11.8. The van der Waals surface area contributed by atoms with Crippen LogP contribution >= 0.6 is 15.9 Å². The molecule has 5 heteroatoms. The predicted molar refractivity (Wildman–Crippen MR) is 72.4 cm³/mol. The van der Waals surface area contributed by atoms with Crippen molar-refractivity contribution >= 4 is 21.8 Å². The van der Waals surface area contributed by atoms with Crippen molar-refractivity contribution in [2.45, 2.75) is 13.8 Å². The van der Waals surface area contributed by atoms with Gasteiger partial charge in [0, 0.05) is 18.7 Å². The molecule has 0 aromatic heterocycles. The topological polar surface area (TPSA) is 38.8 Å². The number of amides is 1. The maximum absolute atomic E-state index is 12.3. The Bertz CT molecular complexity index is 458. The maximum Gasteiger partial charge on any atom is 0.254 e. The van der Waals surface area contributed by atoms with E-state index in [9.17, 15) is 4.79 Å². The van der Waals surface area contributed by atoms with Crippen LogP contribution in [0, 0.1) is 0 Å². The Kier molecular flexibility index (Phi) is 4.11. The van der Waals surface area contributed by atoms with Crippen LogP contribution in [-0.4, -0.2) is 37.1 Å². The zero-order valence-electron chi connectivity index (χ0n) is 10.5. The fourth-order valence-electron chi connectivity index (χ4n) is 1.93. The molecule has 4 nitrogen and oxygen atoms in total. The molecule has 1 aliphatic heterocycles. The highest BCUT2D eigenvalue weighted by Gasteiger charge is 2.20. The van der Waals surface area contributed by atoms with Gasteiger partial charge in [-0.05, 0) is 41.9 Å². The molecule has 1 heterocycles. The van der Waals surface area contributed by atoms with Crippen molar-refractivity contribution in [2.75, 3.05) is 26.3 Å². The first-order valence-corrected chi connectivity index (χ1v) is 6.85. The van der Waals surface area contributed by atoms with Crippen molar-refractivity contribution in [3.8, 4) is 11.5 Å². The summed E-state index contributed by atoms with van der Waals surface area (Å²) >= 11 is 3.42. The van der Waals surface area contributed by atoms with Gasteiger partial charge in [-0.1, -0.05) is 0 Å². The van der Waals surface area contributed by atoms with Crippen LogP contribution in [0.2, 0.25) is 0 Å². The molecular formula is C13H16BrNO3. The van der Waals surface area contributed by atoms with Crippen LogP contribution in [-0.2, 0) is 0 Å². The van der Waals surface area contributed by atoms with Crippen LogP contribution in [0.4, 0.5) is 0 Å². The van der Waals surface area contributed by atoms with E-state index in [4.69, 9.17) is 9.47 Å². The molecule has 1 aromatic carbocycles. The summed E-state index contributed by atoms with van der Waals surface area (Å²) in [5.41, 5.74) is 0.620.